The molecule has 0 aliphatic heterocycles. The zero-order valence-corrected chi connectivity index (χ0v) is 12.7. The van der Waals surface area contributed by atoms with Crippen molar-refractivity contribution in [3.05, 3.63) is 15.8 Å². The van der Waals surface area contributed by atoms with Crippen LogP contribution in [-0.4, -0.2) is 37.0 Å². The van der Waals surface area contributed by atoms with Crippen LogP contribution in [-0.2, 0) is 17.8 Å². The van der Waals surface area contributed by atoms with Crippen LogP contribution in [0.15, 0.2) is 0 Å². The van der Waals surface area contributed by atoms with Crippen LogP contribution >= 0.6 is 0 Å². The van der Waals surface area contributed by atoms with Crippen LogP contribution in [0.4, 0.5) is 11.5 Å². The van der Waals surface area contributed by atoms with Gasteiger partial charge in [-0.15, -0.1) is 0 Å². The molecule has 1 rings (SSSR count). The summed E-state index contributed by atoms with van der Waals surface area (Å²) >= 11 is 0. The number of aromatic nitrogens is 2. The summed E-state index contributed by atoms with van der Waals surface area (Å²) in [6, 6.07) is 0. The largest absolute Gasteiger partial charge is 0.363 e. The molecule has 1 N–H and O–H groups in total. The van der Waals surface area contributed by atoms with Crippen molar-refractivity contribution in [3.8, 4) is 0 Å². The molecular formula is C11H20N4O3S. The third-order valence-electron chi connectivity index (χ3n) is 2.90. The molecule has 0 aliphatic rings. The number of nitrogens with one attached hydrogen (secondary N) is 1. The summed E-state index contributed by atoms with van der Waals surface area (Å²) in [5.41, 5.74) is 0.465. The lowest BCUT2D eigenvalue weighted by Gasteiger charge is -2.10. The van der Waals surface area contributed by atoms with Crippen molar-refractivity contribution in [2.45, 2.75) is 31.9 Å². The number of hydrogen-bond donors (Lipinski definition) is 1. The predicted molar refractivity (Wildman–Crippen MR) is 76.0 cm³/mol. The van der Waals surface area contributed by atoms with Crippen molar-refractivity contribution < 1.29 is 9.13 Å². The normalized spacial score (nSPS) is 14.4. The smallest absolute Gasteiger partial charge is 0.334 e. The lowest BCUT2D eigenvalue weighted by Crippen LogP contribution is -2.22. The molecule has 0 radical (unpaired) electrons. The second-order valence-corrected chi connectivity index (χ2v) is 6.61. The molecule has 0 saturated heterocycles. The van der Waals surface area contributed by atoms with Crippen LogP contribution in [0.1, 0.15) is 32.4 Å². The number of anilines is 1. The molecule has 1 aromatic heterocycles. The number of rotatable bonds is 6. The van der Waals surface area contributed by atoms with E-state index in [4.69, 9.17) is 0 Å². The monoisotopic (exact) mass is 288 g/mol. The molecule has 0 fully saturated rings. The van der Waals surface area contributed by atoms with E-state index in [1.54, 1.807) is 13.3 Å². The van der Waals surface area contributed by atoms with Crippen molar-refractivity contribution in [3.63, 3.8) is 0 Å². The minimum Gasteiger partial charge on any atom is -0.363 e. The summed E-state index contributed by atoms with van der Waals surface area (Å²) in [4.78, 5) is 10.8. The standard InChI is InChI=1S/C11H20N4O3S/c1-7(2)9-10(15(16)17)11(14(4)13-9)12-6-8(3)19(5)18/h7-8,12H,6H2,1-5H3. The van der Waals surface area contributed by atoms with Crippen LogP contribution in [0.3, 0.4) is 0 Å². The molecule has 1 aromatic rings. The molecule has 0 spiro atoms. The van der Waals surface area contributed by atoms with E-state index in [1.165, 1.54) is 4.68 Å². The molecule has 0 aromatic carbocycles. The van der Waals surface area contributed by atoms with E-state index in [9.17, 15) is 14.3 Å². The molecule has 0 bridgehead atoms. The van der Waals surface area contributed by atoms with Gasteiger partial charge in [-0.05, 0) is 6.92 Å². The van der Waals surface area contributed by atoms with Crippen LogP contribution in [0, 0.1) is 10.1 Å². The minimum absolute atomic E-state index is 0.00610. The van der Waals surface area contributed by atoms with E-state index in [2.05, 4.69) is 10.4 Å². The first-order valence-corrected chi connectivity index (χ1v) is 7.65. The number of aryl methyl sites for hydroxylation is 1. The number of hydrogen-bond acceptors (Lipinski definition) is 5. The van der Waals surface area contributed by atoms with Gasteiger partial charge < -0.3 is 5.32 Å². The first kappa shape index (κ1) is 15.6. The van der Waals surface area contributed by atoms with Crippen LogP contribution < -0.4 is 5.32 Å². The summed E-state index contributed by atoms with van der Waals surface area (Å²) in [5.74, 6) is 0.339. The van der Waals surface area contributed by atoms with E-state index in [1.807, 2.05) is 20.8 Å². The van der Waals surface area contributed by atoms with Crippen molar-refractivity contribution in [1.82, 2.24) is 9.78 Å². The Morgan fingerprint density at radius 2 is 2.05 bits per heavy atom. The first-order valence-electron chi connectivity index (χ1n) is 6.03. The van der Waals surface area contributed by atoms with E-state index in [-0.39, 0.29) is 16.9 Å². The third kappa shape index (κ3) is 3.52. The average molecular weight is 288 g/mol. The van der Waals surface area contributed by atoms with Gasteiger partial charge in [0.25, 0.3) is 0 Å². The van der Waals surface area contributed by atoms with Gasteiger partial charge in [-0.2, -0.15) is 5.10 Å². The molecule has 0 amide bonds. The summed E-state index contributed by atoms with van der Waals surface area (Å²) in [6.45, 7) is 5.96. The topological polar surface area (TPSA) is 90.1 Å². The van der Waals surface area contributed by atoms with Gasteiger partial charge in [0, 0.05) is 41.8 Å². The summed E-state index contributed by atoms with van der Waals surface area (Å²) in [5, 5.41) is 18.3. The highest BCUT2D eigenvalue weighted by Crippen LogP contribution is 2.32. The molecule has 1 heterocycles. The zero-order valence-electron chi connectivity index (χ0n) is 11.8. The molecule has 19 heavy (non-hydrogen) atoms. The molecule has 0 aliphatic carbocycles. The Kier molecular flexibility index (Phi) is 5.04. The highest BCUT2D eigenvalue weighted by molar-refractivity contribution is 7.84. The fourth-order valence-electron chi connectivity index (χ4n) is 1.66. The maximum atomic E-state index is 11.3. The minimum atomic E-state index is -0.972. The number of nitro groups is 1. The molecular weight excluding hydrogens is 268 g/mol. The lowest BCUT2D eigenvalue weighted by molar-refractivity contribution is -0.384. The zero-order chi connectivity index (χ0) is 14.7. The number of nitrogens with zero attached hydrogens (tertiary/aromatic N) is 3. The maximum absolute atomic E-state index is 11.3. The third-order valence-corrected chi connectivity index (χ3v) is 4.20. The van der Waals surface area contributed by atoms with Gasteiger partial charge in [-0.1, -0.05) is 13.8 Å². The van der Waals surface area contributed by atoms with Gasteiger partial charge in [0.15, 0.2) is 0 Å². The Hall–Kier alpha value is -1.44. The molecule has 2 atom stereocenters. The molecule has 2 unspecified atom stereocenters. The second-order valence-electron chi connectivity index (χ2n) is 4.81. The van der Waals surface area contributed by atoms with Crippen LogP contribution in [0.25, 0.3) is 0 Å². The Bertz CT molecular complexity index is 498. The van der Waals surface area contributed by atoms with Crippen molar-refractivity contribution in [1.29, 1.82) is 0 Å². The fraction of sp³-hybridized carbons (Fsp3) is 0.727. The van der Waals surface area contributed by atoms with Crippen LogP contribution in [0.2, 0.25) is 0 Å². The van der Waals surface area contributed by atoms with Crippen molar-refractivity contribution >= 4 is 22.3 Å². The molecule has 108 valence electrons. The highest BCUT2D eigenvalue weighted by Gasteiger charge is 2.28. The van der Waals surface area contributed by atoms with E-state index in [0.717, 1.165) is 0 Å². The van der Waals surface area contributed by atoms with E-state index < -0.39 is 15.7 Å². The highest BCUT2D eigenvalue weighted by atomic mass is 32.2. The quantitative estimate of drug-likeness (QED) is 0.634. The molecule has 8 heteroatoms. The fourth-order valence-corrected chi connectivity index (χ4v) is 1.98. The summed E-state index contributed by atoms with van der Waals surface area (Å²) < 4.78 is 12.8. The van der Waals surface area contributed by atoms with E-state index >= 15 is 0 Å². The Morgan fingerprint density at radius 3 is 2.47 bits per heavy atom. The average Bonchev–Trinajstić information content (AvgIpc) is 2.63. The summed E-state index contributed by atoms with van der Waals surface area (Å²) in [6.07, 6.45) is 1.61. The Labute approximate surface area is 115 Å². The van der Waals surface area contributed by atoms with Crippen molar-refractivity contribution in [2.75, 3.05) is 18.1 Å². The van der Waals surface area contributed by atoms with Gasteiger partial charge in [0.2, 0.25) is 5.82 Å². The van der Waals surface area contributed by atoms with Gasteiger partial charge in [-0.25, -0.2) is 4.68 Å². The van der Waals surface area contributed by atoms with E-state index in [0.29, 0.717) is 18.1 Å². The second kappa shape index (κ2) is 6.14. The lowest BCUT2D eigenvalue weighted by atomic mass is 10.1. The molecule has 0 saturated carbocycles. The first-order chi connectivity index (χ1) is 8.75. The van der Waals surface area contributed by atoms with Gasteiger partial charge in [0.1, 0.15) is 5.69 Å². The SMILES string of the molecule is CC(C)c1nn(C)c(NCC(C)S(C)=O)c1[N+](=O)[O-]. The van der Waals surface area contributed by atoms with Crippen LogP contribution in [0.5, 0.6) is 0 Å². The van der Waals surface area contributed by atoms with Gasteiger partial charge >= 0.3 is 5.69 Å². The Balaban J connectivity index is 3.06. The molecule has 7 nitrogen and oxygen atoms in total. The van der Waals surface area contributed by atoms with Crippen molar-refractivity contribution in [2.24, 2.45) is 7.05 Å². The Morgan fingerprint density at radius 1 is 1.47 bits per heavy atom. The summed E-state index contributed by atoms with van der Waals surface area (Å²) in [7, 11) is 0.690. The van der Waals surface area contributed by atoms with Gasteiger partial charge in [-0.3, -0.25) is 14.3 Å². The predicted octanol–water partition coefficient (Wildman–Crippen LogP) is 1.63. The van der Waals surface area contributed by atoms with Gasteiger partial charge in [0.05, 0.1) is 4.92 Å². The maximum Gasteiger partial charge on any atom is 0.334 e.